The molecule has 0 aliphatic heterocycles. The van der Waals surface area contributed by atoms with Crippen molar-refractivity contribution >= 4 is 29.5 Å². The average molecular weight is 327 g/mol. The van der Waals surface area contributed by atoms with Crippen LogP contribution in [0.4, 0.5) is 0 Å². The van der Waals surface area contributed by atoms with E-state index in [1.165, 1.54) is 16.8 Å². The summed E-state index contributed by atoms with van der Waals surface area (Å²) in [6, 6.07) is 2.69. The average Bonchev–Trinajstić information content (AvgIpc) is 3.22. The second-order valence-electron chi connectivity index (χ2n) is 4.96. The Balaban J connectivity index is 2.02. The van der Waals surface area contributed by atoms with Crippen LogP contribution in [-0.4, -0.2) is 21.2 Å². The lowest BCUT2D eigenvalue weighted by Crippen LogP contribution is -1.97. The number of hydrogen-bond donors (Lipinski definition) is 1. The highest BCUT2D eigenvalue weighted by atomic mass is 35.5. The van der Waals surface area contributed by atoms with Crippen LogP contribution in [0.2, 0.25) is 10.0 Å². The van der Waals surface area contributed by atoms with Gasteiger partial charge in [0.2, 0.25) is 5.88 Å². The first-order chi connectivity index (χ1) is 10.0. The third-order valence-electron chi connectivity index (χ3n) is 3.35. The maximum Gasteiger partial charge on any atom is 0.228 e. The van der Waals surface area contributed by atoms with E-state index in [0.717, 1.165) is 24.8 Å². The van der Waals surface area contributed by atoms with Gasteiger partial charge in [0, 0.05) is 19.0 Å². The molecular weight excluding hydrogens is 315 g/mol. The summed E-state index contributed by atoms with van der Waals surface area (Å²) in [5, 5.41) is 14.3. The molecule has 3 rings (SSSR count). The molecule has 1 fully saturated rings. The number of carbonyl (C=O) groups excluding carboxylic acids is 1. The van der Waals surface area contributed by atoms with Crippen molar-refractivity contribution in [3.05, 3.63) is 33.4 Å². The van der Waals surface area contributed by atoms with Gasteiger partial charge in [-0.2, -0.15) is 5.10 Å². The zero-order chi connectivity index (χ0) is 15.1. The fraction of sp³-hybridized carbons (Fsp3) is 0.286. The minimum Gasteiger partial charge on any atom is -0.506 e. The summed E-state index contributed by atoms with van der Waals surface area (Å²) >= 11 is 11.8. The first-order valence-electron chi connectivity index (χ1n) is 6.39. The van der Waals surface area contributed by atoms with Gasteiger partial charge in [-0.15, -0.1) is 0 Å². The van der Waals surface area contributed by atoms with E-state index < -0.39 is 0 Å². The SMILES string of the molecule is Cn1nc(C2CC2)c(C=O)c1Oc1cc(O)c(Cl)cc1Cl. The number of aromatic hydroxyl groups is 1. The standard InChI is InChI=1S/C14H12Cl2N2O3/c1-18-14(8(6-19)13(17-18)7-2-3-7)21-12-5-11(20)9(15)4-10(12)16/h4-7,20H,2-3H2,1H3. The third-order valence-corrected chi connectivity index (χ3v) is 3.95. The number of carbonyl (C=O) groups is 1. The lowest BCUT2D eigenvalue weighted by Gasteiger charge is -2.09. The predicted molar refractivity (Wildman–Crippen MR) is 78.8 cm³/mol. The molecule has 1 aromatic carbocycles. The van der Waals surface area contributed by atoms with Crippen molar-refractivity contribution in [1.82, 2.24) is 9.78 Å². The maximum atomic E-state index is 11.4. The smallest absolute Gasteiger partial charge is 0.228 e. The number of nitrogens with zero attached hydrogens (tertiary/aromatic N) is 2. The second kappa shape index (κ2) is 5.24. The van der Waals surface area contributed by atoms with Gasteiger partial charge in [0.25, 0.3) is 0 Å². The van der Waals surface area contributed by atoms with E-state index in [0.29, 0.717) is 17.4 Å². The number of ether oxygens (including phenoxy) is 1. The normalized spacial score (nSPS) is 14.2. The van der Waals surface area contributed by atoms with Crippen LogP contribution in [0.15, 0.2) is 12.1 Å². The van der Waals surface area contributed by atoms with Crippen LogP contribution in [0.1, 0.15) is 34.8 Å². The summed E-state index contributed by atoms with van der Waals surface area (Å²) in [6.07, 6.45) is 2.79. The van der Waals surface area contributed by atoms with Gasteiger partial charge in [-0.3, -0.25) is 4.79 Å². The Hall–Kier alpha value is -1.72. The lowest BCUT2D eigenvalue weighted by molar-refractivity contribution is 0.112. The van der Waals surface area contributed by atoms with E-state index in [4.69, 9.17) is 27.9 Å². The Morgan fingerprint density at radius 2 is 2.10 bits per heavy atom. The number of aldehydes is 1. The molecule has 0 bridgehead atoms. The fourth-order valence-electron chi connectivity index (χ4n) is 2.14. The van der Waals surface area contributed by atoms with Crippen molar-refractivity contribution in [2.45, 2.75) is 18.8 Å². The summed E-state index contributed by atoms with van der Waals surface area (Å²) in [6.45, 7) is 0. The quantitative estimate of drug-likeness (QED) is 0.865. The molecule has 0 atom stereocenters. The van der Waals surface area contributed by atoms with Gasteiger partial charge in [-0.05, 0) is 18.9 Å². The van der Waals surface area contributed by atoms with E-state index in [-0.39, 0.29) is 21.5 Å². The largest absolute Gasteiger partial charge is 0.506 e. The summed E-state index contributed by atoms with van der Waals surface area (Å²) < 4.78 is 7.17. The molecule has 5 nitrogen and oxygen atoms in total. The first-order valence-corrected chi connectivity index (χ1v) is 7.14. The van der Waals surface area contributed by atoms with Crippen molar-refractivity contribution in [2.24, 2.45) is 7.05 Å². The van der Waals surface area contributed by atoms with Gasteiger partial charge in [0.1, 0.15) is 11.3 Å². The Bertz CT molecular complexity index is 723. The molecule has 1 aliphatic rings. The minimum absolute atomic E-state index is 0.131. The van der Waals surface area contributed by atoms with Crippen molar-refractivity contribution in [2.75, 3.05) is 0 Å². The highest BCUT2D eigenvalue weighted by Gasteiger charge is 2.32. The number of hydrogen-bond acceptors (Lipinski definition) is 4. The topological polar surface area (TPSA) is 64.4 Å². The predicted octanol–water partition coefficient (Wildman–Crippen LogP) is 3.91. The fourth-order valence-corrected chi connectivity index (χ4v) is 2.56. The molecule has 2 aromatic rings. The number of aryl methyl sites for hydroxylation is 1. The van der Waals surface area contributed by atoms with Crippen LogP contribution in [0.3, 0.4) is 0 Å². The molecule has 1 aromatic heterocycles. The van der Waals surface area contributed by atoms with Gasteiger partial charge < -0.3 is 9.84 Å². The van der Waals surface area contributed by atoms with Crippen molar-refractivity contribution in [1.29, 1.82) is 0 Å². The van der Waals surface area contributed by atoms with Gasteiger partial charge in [-0.25, -0.2) is 4.68 Å². The number of aromatic nitrogens is 2. The second-order valence-corrected chi connectivity index (χ2v) is 5.77. The zero-order valence-corrected chi connectivity index (χ0v) is 12.6. The zero-order valence-electron chi connectivity index (χ0n) is 11.1. The van der Waals surface area contributed by atoms with Gasteiger partial charge in [0.05, 0.1) is 15.7 Å². The molecule has 1 saturated carbocycles. The lowest BCUT2D eigenvalue weighted by atomic mass is 10.2. The number of phenols is 1. The molecule has 1 heterocycles. The van der Waals surface area contributed by atoms with E-state index in [9.17, 15) is 9.90 Å². The monoisotopic (exact) mass is 326 g/mol. The Kier molecular flexibility index (Phi) is 3.55. The Morgan fingerprint density at radius 1 is 1.38 bits per heavy atom. The minimum atomic E-state index is -0.145. The highest BCUT2D eigenvalue weighted by Crippen LogP contribution is 2.44. The van der Waals surface area contributed by atoms with Crippen LogP contribution in [0, 0.1) is 0 Å². The molecule has 0 radical (unpaired) electrons. The molecule has 0 unspecified atom stereocenters. The van der Waals surface area contributed by atoms with Crippen LogP contribution in [0.5, 0.6) is 17.4 Å². The molecule has 21 heavy (non-hydrogen) atoms. The third kappa shape index (κ3) is 2.59. The Morgan fingerprint density at radius 3 is 2.71 bits per heavy atom. The van der Waals surface area contributed by atoms with E-state index in [1.807, 2.05) is 0 Å². The van der Waals surface area contributed by atoms with Gasteiger partial charge in [0.15, 0.2) is 12.0 Å². The number of phenolic OH excluding ortho intramolecular Hbond substituents is 1. The summed E-state index contributed by atoms with van der Waals surface area (Å²) in [4.78, 5) is 11.4. The molecule has 0 saturated heterocycles. The van der Waals surface area contributed by atoms with Crippen molar-refractivity contribution in [3.63, 3.8) is 0 Å². The van der Waals surface area contributed by atoms with Gasteiger partial charge in [-0.1, -0.05) is 23.2 Å². The van der Waals surface area contributed by atoms with Crippen LogP contribution >= 0.6 is 23.2 Å². The highest BCUT2D eigenvalue weighted by molar-refractivity contribution is 6.36. The van der Waals surface area contributed by atoms with E-state index >= 15 is 0 Å². The van der Waals surface area contributed by atoms with Gasteiger partial charge >= 0.3 is 0 Å². The van der Waals surface area contributed by atoms with Crippen LogP contribution < -0.4 is 4.74 Å². The van der Waals surface area contributed by atoms with Crippen molar-refractivity contribution in [3.8, 4) is 17.4 Å². The van der Waals surface area contributed by atoms with Crippen LogP contribution in [-0.2, 0) is 7.05 Å². The Labute approximate surface area is 131 Å². The molecular formula is C14H12Cl2N2O3. The first kappa shape index (κ1) is 14.2. The molecule has 1 N–H and O–H groups in total. The molecule has 110 valence electrons. The molecule has 7 heteroatoms. The molecule has 0 spiro atoms. The number of benzene rings is 1. The number of rotatable bonds is 4. The van der Waals surface area contributed by atoms with Crippen LogP contribution in [0.25, 0.3) is 0 Å². The molecule has 1 aliphatic carbocycles. The van der Waals surface area contributed by atoms with Crippen molar-refractivity contribution < 1.29 is 14.6 Å². The maximum absolute atomic E-state index is 11.4. The van der Waals surface area contributed by atoms with E-state index in [1.54, 1.807) is 7.05 Å². The van der Waals surface area contributed by atoms with E-state index in [2.05, 4.69) is 5.10 Å². The molecule has 0 amide bonds. The summed E-state index contributed by atoms with van der Waals surface area (Å²) in [5.41, 5.74) is 1.17. The summed E-state index contributed by atoms with van der Waals surface area (Å²) in [7, 11) is 1.69. The summed E-state index contributed by atoms with van der Waals surface area (Å²) in [5.74, 6) is 0.693. The number of halogens is 2.